The normalized spacial score (nSPS) is 10.7. The zero-order chi connectivity index (χ0) is 12.3. The molecule has 0 saturated heterocycles. The minimum Gasteiger partial charge on any atom is -0.399 e. The molecule has 0 fully saturated rings. The Bertz CT molecular complexity index is 508. The number of nitrogens with two attached hydrogens (primary N) is 1. The van der Waals surface area contributed by atoms with Crippen LogP contribution in [0.3, 0.4) is 0 Å². The van der Waals surface area contributed by atoms with Gasteiger partial charge in [0.15, 0.2) is 5.82 Å². The fourth-order valence-electron chi connectivity index (χ4n) is 1.49. The van der Waals surface area contributed by atoms with Gasteiger partial charge in [-0.25, -0.2) is 0 Å². The Morgan fingerprint density at radius 3 is 3.00 bits per heavy atom. The van der Waals surface area contributed by atoms with Crippen LogP contribution >= 0.6 is 0 Å². The van der Waals surface area contributed by atoms with E-state index in [0.717, 1.165) is 11.1 Å². The van der Waals surface area contributed by atoms with Gasteiger partial charge < -0.3 is 15.0 Å². The molecule has 1 aromatic heterocycles. The Labute approximate surface area is 99.6 Å². The lowest BCUT2D eigenvalue weighted by Gasteiger charge is -2.01. The summed E-state index contributed by atoms with van der Waals surface area (Å²) in [5, 5.41) is 3.85. The van der Waals surface area contributed by atoms with Gasteiger partial charge in [0.2, 0.25) is 0 Å². The molecule has 0 aliphatic rings. The van der Waals surface area contributed by atoms with Gasteiger partial charge in [0.1, 0.15) is 6.61 Å². The maximum absolute atomic E-state index is 5.74. The molecule has 0 aliphatic heterocycles. The van der Waals surface area contributed by atoms with Crippen LogP contribution in [-0.4, -0.2) is 16.7 Å². The van der Waals surface area contributed by atoms with Crippen molar-refractivity contribution in [2.24, 2.45) is 0 Å². The number of nitrogen functional groups attached to an aromatic ring is 1. The predicted octanol–water partition coefficient (Wildman–Crippen LogP) is 2.16. The summed E-state index contributed by atoms with van der Waals surface area (Å²) in [5.41, 5.74) is 8.32. The Morgan fingerprint density at radius 2 is 2.24 bits per heavy atom. The van der Waals surface area contributed by atoms with Crippen LogP contribution in [0.15, 0.2) is 22.7 Å². The maximum Gasteiger partial charge on any atom is 0.258 e. The van der Waals surface area contributed by atoms with E-state index >= 15 is 0 Å². The maximum atomic E-state index is 5.74. The van der Waals surface area contributed by atoms with Gasteiger partial charge in [0.25, 0.3) is 5.89 Å². The van der Waals surface area contributed by atoms with Gasteiger partial charge in [-0.3, -0.25) is 0 Å². The molecule has 0 atom stereocenters. The van der Waals surface area contributed by atoms with Crippen molar-refractivity contribution in [3.63, 3.8) is 0 Å². The SMILES string of the molecule is CCOCc1noc(-c2cc(N)ccc2C)n1. The molecule has 2 N–H and O–H groups in total. The third kappa shape index (κ3) is 2.62. The van der Waals surface area contributed by atoms with E-state index in [0.29, 0.717) is 30.6 Å². The number of nitrogens with zero attached hydrogens (tertiary/aromatic N) is 2. The van der Waals surface area contributed by atoms with Crippen LogP contribution in [0.2, 0.25) is 0 Å². The fourth-order valence-corrected chi connectivity index (χ4v) is 1.49. The third-order valence-electron chi connectivity index (χ3n) is 2.40. The highest BCUT2D eigenvalue weighted by molar-refractivity contribution is 5.63. The summed E-state index contributed by atoms with van der Waals surface area (Å²) in [6.07, 6.45) is 0. The molecule has 0 saturated carbocycles. The molecule has 5 heteroatoms. The summed E-state index contributed by atoms with van der Waals surface area (Å²) >= 11 is 0. The lowest BCUT2D eigenvalue weighted by atomic mass is 10.1. The summed E-state index contributed by atoms with van der Waals surface area (Å²) in [4.78, 5) is 4.26. The average Bonchev–Trinajstić information content (AvgIpc) is 2.78. The van der Waals surface area contributed by atoms with Gasteiger partial charge in [-0.15, -0.1) is 0 Å². The van der Waals surface area contributed by atoms with Crippen LogP contribution in [0, 0.1) is 6.92 Å². The van der Waals surface area contributed by atoms with Crippen molar-refractivity contribution < 1.29 is 9.26 Å². The van der Waals surface area contributed by atoms with Crippen molar-refractivity contribution in [1.29, 1.82) is 0 Å². The standard InChI is InChI=1S/C12H15N3O2/c1-3-16-7-11-14-12(17-15-11)10-6-9(13)5-4-8(10)2/h4-6H,3,7,13H2,1-2H3. The van der Waals surface area contributed by atoms with E-state index in [1.807, 2.05) is 32.0 Å². The first-order valence-electron chi connectivity index (χ1n) is 5.47. The number of rotatable bonds is 4. The van der Waals surface area contributed by atoms with Crippen molar-refractivity contribution >= 4 is 5.69 Å². The Morgan fingerprint density at radius 1 is 1.41 bits per heavy atom. The van der Waals surface area contributed by atoms with E-state index in [2.05, 4.69) is 10.1 Å². The molecule has 5 nitrogen and oxygen atoms in total. The monoisotopic (exact) mass is 233 g/mol. The van der Waals surface area contributed by atoms with Crippen molar-refractivity contribution in [1.82, 2.24) is 10.1 Å². The zero-order valence-electron chi connectivity index (χ0n) is 9.93. The molecular weight excluding hydrogens is 218 g/mol. The second kappa shape index (κ2) is 4.97. The number of anilines is 1. The molecule has 1 heterocycles. The lowest BCUT2D eigenvalue weighted by Crippen LogP contribution is -1.94. The van der Waals surface area contributed by atoms with Crippen molar-refractivity contribution in [3.8, 4) is 11.5 Å². The smallest absolute Gasteiger partial charge is 0.258 e. The highest BCUT2D eigenvalue weighted by atomic mass is 16.5. The van der Waals surface area contributed by atoms with Gasteiger partial charge in [-0.1, -0.05) is 11.2 Å². The predicted molar refractivity (Wildman–Crippen MR) is 64.2 cm³/mol. The average molecular weight is 233 g/mol. The van der Waals surface area contributed by atoms with E-state index < -0.39 is 0 Å². The van der Waals surface area contributed by atoms with Gasteiger partial charge in [-0.05, 0) is 31.5 Å². The molecule has 0 radical (unpaired) electrons. The Hall–Kier alpha value is -1.88. The molecule has 17 heavy (non-hydrogen) atoms. The number of aryl methyl sites for hydroxylation is 1. The van der Waals surface area contributed by atoms with Crippen molar-refractivity contribution in [3.05, 3.63) is 29.6 Å². The molecule has 2 aromatic rings. The van der Waals surface area contributed by atoms with Crippen molar-refractivity contribution in [2.75, 3.05) is 12.3 Å². The highest BCUT2D eigenvalue weighted by Gasteiger charge is 2.11. The number of ether oxygens (including phenoxy) is 1. The lowest BCUT2D eigenvalue weighted by molar-refractivity contribution is 0.126. The van der Waals surface area contributed by atoms with Crippen LogP contribution in [0.1, 0.15) is 18.3 Å². The zero-order valence-corrected chi connectivity index (χ0v) is 9.93. The molecular formula is C12H15N3O2. The van der Waals surface area contributed by atoms with Gasteiger partial charge in [-0.2, -0.15) is 4.98 Å². The largest absolute Gasteiger partial charge is 0.399 e. The summed E-state index contributed by atoms with van der Waals surface area (Å²) in [6, 6.07) is 5.60. The van der Waals surface area contributed by atoms with E-state index in [1.165, 1.54) is 0 Å². The number of benzene rings is 1. The molecule has 1 aromatic carbocycles. The minimum absolute atomic E-state index is 0.362. The first kappa shape index (κ1) is 11.6. The van der Waals surface area contributed by atoms with E-state index in [-0.39, 0.29) is 0 Å². The molecule has 90 valence electrons. The van der Waals surface area contributed by atoms with E-state index in [4.69, 9.17) is 15.0 Å². The first-order valence-corrected chi connectivity index (χ1v) is 5.47. The Kier molecular flexibility index (Phi) is 3.39. The second-order valence-electron chi connectivity index (χ2n) is 3.73. The van der Waals surface area contributed by atoms with Crippen LogP contribution < -0.4 is 5.73 Å². The molecule has 2 rings (SSSR count). The summed E-state index contributed by atoms with van der Waals surface area (Å²) in [6.45, 7) is 4.88. The van der Waals surface area contributed by atoms with E-state index in [9.17, 15) is 0 Å². The molecule has 0 aliphatic carbocycles. The van der Waals surface area contributed by atoms with Crippen LogP contribution in [0.5, 0.6) is 0 Å². The minimum atomic E-state index is 0.362. The topological polar surface area (TPSA) is 74.2 Å². The van der Waals surface area contributed by atoms with Gasteiger partial charge >= 0.3 is 0 Å². The summed E-state index contributed by atoms with van der Waals surface area (Å²) < 4.78 is 10.4. The number of hydrogen-bond donors (Lipinski definition) is 1. The molecule has 0 unspecified atom stereocenters. The van der Waals surface area contributed by atoms with Gasteiger partial charge in [0, 0.05) is 17.9 Å². The third-order valence-corrected chi connectivity index (χ3v) is 2.40. The fraction of sp³-hybridized carbons (Fsp3) is 0.333. The molecule has 0 spiro atoms. The van der Waals surface area contributed by atoms with Gasteiger partial charge in [0.05, 0.1) is 0 Å². The van der Waals surface area contributed by atoms with E-state index in [1.54, 1.807) is 0 Å². The van der Waals surface area contributed by atoms with Crippen LogP contribution in [0.25, 0.3) is 11.5 Å². The highest BCUT2D eigenvalue weighted by Crippen LogP contribution is 2.23. The summed E-state index contributed by atoms with van der Waals surface area (Å²) in [5.74, 6) is 1.02. The number of aromatic nitrogens is 2. The quantitative estimate of drug-likeness (QED) is 0.819. The van der Waals surface area contributed by atoms with Crippen LogP contribution in [0.4, 0.5) is 5.69 Å². The Balaban J connectivity index is 2.27. The second-order valence-corrected chi connectivity index (χ2v) is 3.73. The molecule has 0 bridgehead atoms. The number of hydrogen-bond acceptors (Lipinski definition) is 5. The molecule has 0 amide bonds. The van der Waals surface area contributed by atoms with Crippen LogP contribution in [-0.2, 0) is 11.3 Å². The first-order chi connectivity index (χ1) is 8.20. The summed E-state index contributed by atoms with van der Waals surface area (Å²) in [7, 11) is 0. The van der Waals surface area contributed by atoms with Crippen molar-refractivity contribution in [2.45, 2.75) is 20.5 Å².